The van der Waals surface area contributed by atoms with Crippen LogP contribution in [0.1, 0.15) is 16.1 Å². The Morgan fingerprint density at radius 1 is 1.35 bits per heavy atom. The Balaban J connectivity index is 1.76. The van der Waals surface area contributed by atoms with Crippen molar-refractivity contribution in [3.63, 3.8) is 0 Å². The molecule has 0 aliphatic heterocycles. The number of amides is 1. The minimum Gasteiger partial charge on any atom is -0.346 e. The molecule has 0 spiro atoms. The van der Waals surface area contributed by atoms with Crippen molar-refractivity contribution in [3.8, 4) is 0 Å². The van der Waals surface area contributed by atoms with Crippen LogP contribution in [0.25, 0.3) is 5.65 Å². The SMILES string of the molecule is O=C(NCc1cn2ccccc2n1)c1cc([N+](=O)[O-])ccc1Cl. The van der Waals surface area contributed by atoms with E-state index in [4.69, 9.17) is 11.6 Å². The van der Waals surface area contributed by atoms with E-state index in [1.54, 1.807) is 6.20 Å². The van der Waals surface area contributed by atoms with E-state index in [-0.39, 0.29) is 22.8 Å². The number of hydrogen-bond acceptors (Lipinski definition) is 4. The zero-order valence-corrected chi connectivity index (χ0v) is 12.5. The molecule has 23 heavy (non-hydrogen) atoms. The van der Waals surface area contributed by atoms with E-state index >= 15 is 0 Å². The smallest absolute Gasteiger partial charge is 0.270 e. The summed E-state index contributed by atoms with van der Waals surface area (Å²) in [5.41, 5.74) is 1.31. The molecule has 0 aliphatic carbocycles. The summed E-state index contributed by atoms with van der Waals surface area (Å²) in [5.74, 6) is -0.490. The molecule has 7 nitrogen and oxygen atoms in total. The molecule has 0 fully saturated rings. The molecule has 1 N–H and O–H groups in total. The average Bonchev–Trinajstić information content (AvgIpc) is 2.95. The van der Waals surface area contributed by atoms with E-state index in [1.807, 2.05) is 28.8 Å². The minimum atomic E-state index is -0.574. The van der Waals surface area contributed by atoms with Crippen LogP contribution in [0.15, 0.2) is 48.8 Å². The van der Waals surface area contributed by atoms with E-state index in [0.29, 0.717) is 5.69 Å². The Labute approximate surface area is 135 Å². The Morgan fingerprint density at radius 3 is 2.91 bits per heavy atom. The monoisotopic (exact) mass is 330 g/mol. The third-order valence-corrected chi connectivity index (χ3v) is 3.58. The first-order chi connectivity index (χ1) is 11.0. The van der Waals surface area contributed by atoms with Gasteiger partial charge in [-0.2, -0.15) is 0 Å². The average molecular weight is 331 g/mol. The number of fused-ring (bicyclic) bond motifs is 1. The summed E-state index contributed by atoms with van der Waals surface area (Å²) in [4.78, 5) is 26.7. The number of carbonyl (C=O) groups excluding carboxylic acids is 1. The third kappa shape index (κ3) is 3.14. The van der Waals surface area contributed by atoms with Gasteiger partial charge in [0.1, 0.15) is 5.65 Å². The van der Waals surface area contributed by atoms with Crippen LogP contribution in [0.2, 0.25) is 5.02 Å². The Morgan fingerprint density at radius 2 is 2.17 bits per heavy atom. The number of nitro benzene ring substituents is 1. The van der Waals surface area contributed by atoms with Gasteiger partial charge in [-0.05, 0) is 18.2 Å². The molecule has 0 aliphatic rings. The quantitative estimate of drug-likeness (QED) is 0.588. The lowest BCUT2D eigenvalue weighted by Gasteiger charge is -2.05. The number of halogens is 1. The Hall–Kier alpha value is -2.93. The second kappa shape index (κ2) is 6.05. The first kappa shape index (κ1) is 15.0. The van der Waals surface area contributed by atoms with Crippen molar-refractivity contribution in [2.24, 2.45) is 0 Å². The second-order valence-corrected chi connectivity index (χ2v) is 5.21. The predicted octanol–water partition coefficient (Wildman–Crippen LogP) is 2.83. The van der Waals surface area contributed by atoms with Gasteiger partial charge in [-0.3, -0.25) is 14.9 Å². The van der Waals surface area contributed by atoms with Gasteiger partial charge in [-0.1, -0.05) is 17.7 Å². The summed E-state index contributed by atoms with van der Waals surface area (Å²) in [6, 6.07) is 9.33. The van der Waals surface area contributed by atoms with Gasteiger partial charge in [0.15, 0.2) is 0 Å². The molecule has 0 bridgehead atoms. The summed E-state index contributed by atoms with van der Waals surface area (Å²) in [7, 11) is 0. The topological polar surface area (TPSA) is 89.5 Å². The number of hydrogen-bond donors (Lipinski definition) is 1. The van der Waals surface area contributed by atoms with Crippen LogP contribution in [0, 0.1) is 10.1 Å². The van der Waals surface area contributed by atoms with Crippen molar-refractivity contribution in [2.45, 2.75) is 6.54 Å². The molecule has 0 saturated carbocycles. The summed E-state index contributed by atoms with van der Waals surface area (Å²) in [5, 5.41) is 13.6. The first-order valence-corrected chi connectivity index (χ1v) is 7.07. The van der Waals surface area contributed by atoms with Crippen molar-refractivity contribution in [3.05, 3.63) is 75.2 Å². The van der Waals surface area contributed by atoms with Crippen LogP contribution in [-0.4, -0.2) is 20.2 Å². The van der Waals surface area contributed by atoms with Gasteiger partial charge in [-0.25, -0.2) is 4.98 Å². The molecule has 116 valence electrons. The normalized spacial score (nSPS) is 10.7. The van der Waals surface area contributed by atoms with E-state index in [0.717, 1.165) is 11.7 Å². The molecular weight excluding hydrogens is 320 g/mol. The highest BCUT2D eigenvalue weighted by atomic mass is 35.5. The fourth-order valence-corrected chi connectivity index (χ4v) is 2.34. The summed E-state index contributed by atoms with van der Waals surface area (Å²) in [6.07, 6.45) is 3.65. The number of carbonyl (C=O) groups is 1. The fraction of sp³-hybridized carbons (Fsp3) is 0.0667. The maximum absolute atomic E-state index is 12.2. The zero-order chi connectivity index (χ0) is 16.4. The molecule has 0 unspecified atom stereocenters. The van der Waals surface area contributed by atoms with Crippen LogP contribution in [0.4, 0.5) is 5.69 Å². The van der Waals surface area contributed by atoms with Crippen molar-refractivity contribution >= 4 is 28.8 Å². The zero-order valence-electron chi connectivity index (χ0n) is 11.8. The summed E-state index contributed by atoms with van der Waals surface area (Å²) >= 11 is 5.94. The lowest BCUT2D eigenvalue weighted by molar-refractivity contribution is -0.384. The number of non-ortho nitro benzene ring substituents is 1. The molecule has 0 atom stereocenters. The lowest BCUT2D eigenvalue weighted by atomic mass is 10.2. The van der Waals surface area contributed by atoms with Gasteiger partial charge in [0.25, 0.3) is 11.6 Å². The number of imidazole rings is 1. The number of pyridine rings is 1. The lowest BCUT2D eigenvalue weighted by Crippen LogP contribution is -2.23. The second-order valence-electron chi connectivity index (χ2n) is 4.80. The number of aromatic nitrogens is 2. The van der Waals surface area contributed by atoms with Crippen LogP contribution in [0.3, 0.4) is 0 Å². The van der Waals surface area contributed by atoms with Crippen molar-refractivity contribution in [1.29, 1.82) is 0 Å². The maximum atomic E-state index is 12.2. The summed E-state index contributed by atoms with van der Waals surface area (Å²) in [6.45, 7) is 0.194. The highest BCUT2D eigenvalue weighted by molar-refractivity contribution is 6.33. The first-order valence-electron chi connectivity index (χ1n) is 6.69. The molecule has 1 amide bonds. The molecule has 3 rings (SSSR count). The van der Waals surface area contributed by atoms with Gasteiger partial charge in [0, 0.05) is 24.5 Å². The molecule has 3 aromatic rings. The fourth-order valence-electron chi connectivity index (χ4n) is 2.14. The predicted molar refractivity (Wildman–Crippen MR) is 84.5 cm³/mol. The van der Waals surface area contributed by atoms with Crippen molar-refractivity contribution < 1.29 is 9.72 Å². The van der Waals surface area contributed by atoms with Gasteiger partial charge in [0.05, 0.1) is 27.7 Å². The molecule has 0 radical (unpaired) electrons. The molecule has 8 heteroatoms. The number of benzene rings is 1. The molecular formula is C15H11ClN4O3. The third-order valence-electron chi connectivity index (χ3n) is 3.25. The Kier molecular flexibility index (Phi) is 3.94. The van der Waals surface area contributed by atoms with Gasteiger partial charge in [0.2, 0.25) is 0 Å². The van der Waals surface area contributed by atoms with Crippen molar-refractivity contribution in [2.75, 3.05) is 0 Å². The Bertz CT molecular complexity index is 874. The molecule has 2 heterocycles. The highest BCUT2D eigenvalue weighted by Gasteiger charge is 2.16. The number of nitrogens with one attached hydrogen (secondary N) is 1. The number of rotatable bonds is 4. The van der Waals surface area contributed by atoms with E-state index < -0.39 is 10.8 Å². The summed E-state index contributed by atoms with van der Waals surface area (Å²) < 4.78 is 1.84. The maximum Gasteiger partial charge on any atom is 0.270 e. The number of nitro groups is 1. The molecule has 0 saturated heterocycles. The van der Waals surface area contributed by atoms with E-state index in [1.165, 1.54) is 12.1 Å². The standard InChI is InChI=1S/C15H11ClN4O3/c16-13-5-4-11(20(22)23)7-12(13)15(21)17-8-10-9-19-6-2-1-3-14(19)18-10/h1-7,9H,8H2,(H,17,21). The largest absolute Gasteiger partial charge is 0.346 e. The van der Waals surface area contributed by atoms with Crippen molar-refractivity contribution in [1.82, 2.24) is 14.7 Å². The van der Waals surface area contributed by atoms with E-state index in [2.05, 4.69) is 10.3 Å². The highest BCUT2D eigenvalue weighted by Crippen LogP contribution is 2.22. The minimum absolute atomic E-state index is 0.0598. The van der Waals surface area contributed by atoms with Crippen LogP contribution in [0.5, 0.6) is 0 Å². The van der Waals surface area contributed by atoms with Crippen LogP contribution >= 0.6 is 11.6 Å². The van der Waals surface area contributed by atoms with E-state index in [9.17, 15) is 14.9 Å². The van der Waals surface area contributed by atoms with Gasteiger partial charge >= 0.3 is 0 Å². The molecule has 1 aromatic carbocycles. The van der Waals surface area contributed by atoms with Gasteiger partial charge in [-0.15, -0.1) is 0 Å². The van der Waals surface area contributed by atoms with Crippen LogP contribution < -0.4 is 5.32 Å². The van der Waals surface area contributed by atoms with Gasteiger partial charge < -0.3 is 9.72 Å². The van der Waals surface area contributed by atoms with Crippen LogP contribution in [-0.2, 0) is 6.54 Å². The number of nitrogens with zero attached hydrogens (tertiary/aromatic N) is 3. The molecule has 2 aromatic heterocycles.